The van der Waals surface area contributed by atoms with E-state index in [1.807, 2.05) is 17.5 Å². The van der Waals surface area contributed by atoms with Crippen LogP contribution in [0.4, 0.5) is 0 Å². The molecule has 136 valence electrons. The van der Waals surface area contributed by atoms with Crippen LogP contribution in [0.3, 0.4) is 0 Å². The lowest BCUT2D eigenvalue weighted by Crippen LogP contribution is -2.35. The zero-order valence-corrected chi connectivity index (χ0v) is 15.2. The van der Waals surface area contributed by atoms with Gasteiger partial charge in [0.1, 0.15) is 12.2 Å². The predicted molar refractivity (Wildman–Crippen MR) is 96.9 cm³/mol. The van der Waals surface area contributed by atoms with E-state index < -0.39 is 5.56 Å². The smallest absolute Gasteiger partial charge is 0.268 e. The van der Waals surface area contributed by atoms with E-state index in [0.717, 1.165) is 9.56 Å². The molecule has 0 saturated carbocycles. The van der Waals surface area contributed by atoms with E-state index in [1.54, 1.807) is 20.1 Å². The second-order valence-corrected chi connectivity index (χ2v) is 6.50. The molecule has 0 aliphatic carbocycles. The molecule has 0 fully saturated rings. The highest BCUT2D eigenvalue weighted by Gasteiger charge is 2.18. The number of nitrogens with one attached hydrogen (secondary N) is 1. The molecule has 0 atom stereocenters. The number of hydrogen-bond acceptors (Lipinski definition) is 7. The summed E-state index contributed by atoms with van der Waals surface area (Å²) >= 11 is 1.48. The summed E-state index contributed by atoms with van der Waals surface area (Å²) in [6, 6.07) is 6.96. The van der Waals surface area contributed by atoms with Crippen molar-refractivity contribution in [3.63, 3.8) is 0 Å². The second-order valence-electron chi connectivity index (χ2n) is 5.56. The third-order valence-corrected chi connectivity index (χ3v) is 4.44. The van der Waals surface area contributed by atoms with Crippen molar-refractivity contribution < 1.29 is 14.1 Å². The van der Waals surface area contributed by atoms with Crippen LogP contribution >= 0.6 is 11.3 Å². The third kappa shape index (κ3) is 4.06. The van der Waals surface area contributed by atoms with E-state index in [4.69, 9.17) is 9.26 Å². The molecule has 0 aliphatic rings. The number of aromatic nitrogens is 3. The average Bonchev–Trinajstić information content (AvgIpc) is 3.28. The molecule has 9 heteroatoms. The third-order valence-electron chi connectivity index (χ3n) is 3.57. The first-order valence-corrected chi connectivity index (χ1v) is 8.82. The van der Waals surface area contributed by atoms with E-state index in [9.17, 15) is 9.59 Å². The minimum absolute atomic E-state index is 0.170. The maximum atomic E-state index is 12.4. The van der Waals surface area contributed by atoms with Crippen LogP contribution in [0.5, 0.6) is 0 Å². The Bertz CT molecular complexity index is 946. The minimum atomic E-state index is -0.392. The largest absolute Gasteiger partial charge is 0.383 e. The van der Waals surface area contributed by atoms with E-state index in [-0.39, 0.29) is 12.5 Å². The number of thiophene rings is 1. The lowest BCUT2D eigenvalue weighted by Gasteiger charge is -2.10. The summed E-state index contributed by atoms with van der Waals surface area (Å²) in [6.07, 6.45) is 0. The van der Waals surface area contributed by atoms with Crippen molar-refractivity contribution >= 4 is 17.2 Å². The van der Waals surface area contributed by atoms with Crippen molar-refractivity contribution in [3.05, 3.63) is 45.7 Å². The van der Waals surface area contributed by atoms with Crippen molar-refractivity contribution in [3.8, 4) is 21.9 Å². The summed E-state index contributed by atoms with van der Waals surface area (Å²) in [5.41, 5.74) is 1.43. The molecular weight excluding hydrogens is 356 g/mol. The number of aryl methyl sites for hydroxylation is 1. The van der Waals surface area contributed by atoms with Crippen LogP contribution in [0.1, 0.15) is 5.69 Å². The Morgan fingerprint density at radius 3 is 2.92 bits per heavy atom. The van der Waals surface area contributed by atoms with Gasteiger partial charge in [0.05, 0.1) is 22.7 Å². The summed E-state index contributed by atoms with van der Waals surface area (Å²) in [5.74, 6) is 0.157. The number of amides is 1. The number of methoxy groups -OCH3 is 1. The van der Waals surface area contributed by atoms with Gasteiger partial charge in [-0.25, -0.2) is 4.68 Å². The molecule has 0 bridgehead atoms. The number of hydrogen-bond donors (Lipinski definition) is 1. The number of carbonyl (C=O) groups excluding carboxylic acids is 1. The van der Waals surface area contributed by atoms with Crippen molar-refractivity contribution in [1.29, 1.82) is 0 Å². The van der Waals surface area contributed by atoms with Crippen LogP contribution < -0.4 is 10.9 Å². The summed E-state index contributed by atoms with van der Waals surface area (Å²) in [5, 5.41) is 12.9. The van der Waals surface area contributed by atoms with Gasteiger partial charge in [-0.1, -0.05) is 11.2 Å². The fraction of sp³-hybridized carbons (Fsp3) is 0.294. The monoisotopic (exact) mass is 374 g/mol. The van der Waals surface area contributed by atoms with Gasteiger partial charge < -0.3 is 14.6 Å². The first kappa shape index (κ1) is 18.0. The molecule has 3 rings (SSSR count). The van der Waals surface area contributed by atoms with Gasteiger partial charge in [-0.05, 0) is 18.4 Å². The van der Waals surface area contributed by atoms with Crippen LogP contribution in [0, 0.1) is 6.92 Å². The van der Waals surface area contributed by atoms with Gasteiger partial charge in [-0.3, -0.25) is 9.59 Å². The highest BCUT2D eigenvalue weighted by molar-refractivity contribution is 7.13. The SMILES string of the molecule is COCCNC(=O)Cn1nc(-c2cccs2)c(-c2cc(C)no2)cc1=O. The molecule has 0 spiro atoms. The summed E-state index contributed by atoms with van der Waals surface area (Å²) in [6.45, 7) is 2.41. The number of rotatable bonds is 7. The summed E-state index contributed by atoms with van der Waals surface area (Å²) < 4.78 is 11.3. The lowest BCUT2D eigenvalue weighted by molar-refractivity contribution is -0.122. The maximum absolute atomic E-state index is 12.4. The highest BCUT2D eigenvalue weighted by atomic mass is 32.1. The van der Waals surface area contributed by atoms with Gasteiger partial charge in [0.2, 0.25) is 5.91 Å². The number of ether oxygens (including phenoxy) is 1. The Labute approximate surface area is 153 Å². The van der Waals surface area contributed by atoms with Gasteiger partial charge in [0.15, 0.2) is 5.76 Å². The van der Waals surface area contributed by atoms with Crippen LogP contribution in [-0.4, -0.2) is 41.1 Å². The van der Waals surface area contributed by atoms with Crippen LogP contribution in [0.2, 0.25) is 0 Å². The molecule has 1 N–H and O–H groups in total. The fourth-order valence-corrected chi connectivity index (χ4v) is 3.08. The Balaban J connectivity index is 1.97. The molecule has 0 unspecified atom stereocenters. The van der Waals surface area contributed by atoms with E-state index in [1.165, 1.54) is 17.4 Å². The van der Waals surface area contributed by atoms with E-state index >= 15 is 0 Å². The predicted octanol–water partition coefficient (Wildman–Crippen LogP) is 1.70. The number of nitrogens with zero attached hydrogens (tertiary/aromatic N) is 3. The Hall–Kier alpha value is -2.78. The first-order chi connectivity index (χ1) is 12.6. The van der Waals surface area contributed by atoms with Gasteiger partial charge >= 0.3 is 0 Å². The van der Waals surface area contributed by atoms with Crippen molar-refractivity contribution in [2.24, 2.45) is 0 Å². The molecule has 3 aromatic heterocycles. The van der Waals surface area contributed by atoms with Crippen LogP contribution in [0.25, 0.3) is 21.9 Å². The number of carbonyl (C=O) groups is 1. The standard InChI is InChI=1S/C17H18N4O4S/c1-11-8-13(25-20-11)12-9-16(23)21(10-15(22)18-5-6-24-2)19-17(12)14-4-3-7-26-14/h3-4,7-9H,5-6,10H2,1-2H3,(H,18,22). The van der Waals surface area contributed by atoms with Crippen LogP contribution in [0.15, 0.2) is 39.0 Å². The van der Waals surface area contributed by atoms with Crippen molar-refractivity contribution in [1.82, 2.24) is 20.3 Å². The molecule has 0 saturated heterocycles. The maximum Gasteiger partial charge on any atom is 0.268 e. The molecule has 26 heavy (non-hydrogen) atoms. The normalized spacial score (nSPS) is 10.8. The minimum Gasteiger partial charge on any atom is -0.383 e. The fourth-order valence-electron chi connectivity index (χ4n) is 2.36. The lowest BCUT2D eigenvalue weighted by atomic mass is 10.1. The Morgan fingerprint density at radius 2 is 2.27 bits per heavy atom. The second kappa shape index (κ2) is 8.07. The molecule has 3 heterocycles. The zero-order chi connectivity index (χ0) is 18.5. The summed E-state index contributed by atoms with van der Waals surface area (Å²) in [4.78, 5) is 25.3. The average molecular weight is 374 g/mol. The van der Waals surface area contributed by atoms with Gasteiger partial charge in [-0.2, -0.15) is 5.10 Å². The molecule has 3 aromatic rings. The van der Waals surface area contributed by atoms with E-state index in [0.29, 0.717) is 35.9 Å². The van der Waals surface area contributed by atoms with Crippen molar-refractivity contribution in [2.75, 3.05) is 20.3 Å². The molecule has 0 aliphatic heterocycles. The van der Waals surface area contributed by atoms with Gasteiger partial charge in [0.25, 0.3) is 5.56 Å². The Kier molecular flexibility index (Phi) is 5.59. The van der Waals surface area contributed by atoms with Crippen LogP contribution in [-0.2, 0) is 16.1 Å². The topological polar surface area (TPSA) is 99.2 Å². The van der Waals surface area contributed by atoms with Gasteiger partial charge in [0, 0.05) is 25.8 Å². The Morgan fingerprint density at radius 1 is 1.42 bits per heavy atom. The van der Waals surface area contributed by atoms with Gasteiger partial charge in [-0.15, -0.1) is 11.3 Å². The molecule has 8 nitrogen and oxygen atoms in total. The first-order valence-electron chi connectivity index (χ1n) is 7.94. The highest BCUT2D eigenvalue weighted by Crippen LogP contribution is 2.32. The molecule has 1 amide bonds. The molecule has 0 aromatic carbocycles. The molecule has 0 radical (unpaired) electrons. The quantitative estimate of drug-likeness (QED) is 0.632. The van der Waals surface area contributed by atoms with Crippen molar-refractivity contribution in [2.45, 2.75) is 13.5 Å². The molecular formula is C17H18N4O4S. The zero-order valence-electron chi connectivity index (χ0n) is 14.4. The van der Waals surface area contributed by atoms with E-state index in [2.05, 4.69) is 15.6 Å². The summed E-state index contributed by atoms with van der Waals surface area (Å²) in [7, 11) is 1.55.